The summed E-state index contributed by atoms with van der Waals surface area (Å²) < 4.78 is 5.16. The maximum Gasteiger partial charge on any atom is 0.413 e. The van der Waals surface area contributed by atoms with Crippen molar-refractivity contribution in [1.29, 1.82) is 0 Å². The number of anilines is 2. The van der Waals surface area contributed by atoms with Crippen molar-refractivity contribution in [2.24, 2.45) is 0 Å². The van der Waals surface area contributed by atoms with Gasteiger partial charge in [0.15, 0.2) is 0 Å². The van der Waals surface area contributed by atoms with Crippen LogP contribution < -0.4 is 10.6 Å². The highest BCUT2D eigenvalue weighted by Gasteiger charge is 2.21. The van der Waals surface area contributed by atoms with Gasteiger partial charge in [0, 0.05) is 24.0 Å². The molecule has 2 rings (SSSR count). The van der Waals surface area contributed by atoms with Crippen molar-refractivity contribution in [2.75, 3.05) is 10.6 Å². The first-order chi connectivity index (χ1) is 8.42. The normalized spacial score (nSPS) is 15.1. The predicted octanol–water partition coefficient (Wildman–Crippen LogP) is 3.00. The van der Waals surface area contributed by atoms with Gasteiger partial charge in [-0.1, -0.05) is 0 Å². The van der Waals surface area contributed by atoms with Crippen molar-refractivity contribution in [3.63, 3.8) is 0 Å². The molecule has 1 aliphatic rings. The monoisotopic (exact) mass is 249 g/mol. The van der Waals surface area contributed by atoms with E-state index >= 15 is 0 Å². The molecule has 1 fully saturated rings. The summed E-state index contributed by atoms with van der Waals surface area (Å²) >= 11 is 0. The Labute approximate surface area is 107 Å². The number of pyridine rings is 1. The van der Waals surface area contributed by atoms with Crippen LogP contribution in [-0.4, -0.2) is 22.7 Å². The standard InChI is InChI=1S/C13H19N3O2/c1-13(2,3)18-12(17)16-11-8-10(6-7-14-11)15-9-4-5-9/h6-9H,4-5H2,1-3H3,(H2,14,15,16,17). The van der Waals surface area contributed by atoms with E-state index < -0.39 is 11.7 Å². The van der Waals surface area contributed by atoms with Gasteiger partial charge < -0.3 is 10.1 Å². The first kappa shape index (κ1) is 12.7. The fraction of sp³-hybridized carbons (Fsp3) is 0.538. The number of carbonyl (C=O) groups is 1. The lowest BCUT2D eigenvalue weighted by Gasteiger charge is -2.19. The van der Waals surface area contributed by atoms with E-state index in [4.69, 9.17) is 4.74 Å². The van der Waals surface area contributed by atoms with Crippen LogP contribution >= 0.6 is 0 Å². The average Bonchev–Trinajstić information content (AvgIpc) is 2.98. The number of hydrogen-bond acceptors (Lipinski definition) is 4. The highest BCUT2D eigenvalue weighted by Crippen LogP contribution is 2.25. The number of hydrogen-bond donors (Lipinski definition) is 2. The third-order valence-corrected chi connectivity index (χ3v) is 2.34. The highest BCUT2D eigenvalue weighted by atomic mass is 16.6. The van der Waals surface area contributed by atoms with Crippen molar-refractivity contribution in [2.45, 2.75) is 45.3 Å². The van der Waals surface area contributed by atoms with Gasteiger partial charge in [-0.3, -0.25) is 5.32 Å². The Bertz CT molecular complexity index is 436. The van der Waals surface area contributed by atoms with Crippen LogP contribution in [0.4, 0.5) is 16.3 Å². The third kappa shape index (κ3) is 4.24. The van der Waals surface area contributed by atoms with Crippen LogP contribution in [-0.2, 0) is 4.74 Å². The number of carbonyl (C=O) groups excluding carboxylic acids is 1. The van der Waals surface area contributed by atoms with Crippen molar-refractivity contribution < 1.29 is 9.53 Å². The third-order valence-electron chi connectivity index (χ3n) is 2.34. The summed E-state index contributed by atoms with van der Waals surface area (Å²) in [6.07, 6.45) is 3.59. The maximum atomic E-state index is 11.6. The Kier molecular flexibility index (Phi) is 3.41. The second kappa shape index (κ2) is 4.84. The maximum absolute atomic E-state index is 11.6. The molecule has 0 aromatic carbocycles. The molecule has 0 bridgehead atoms. The zero-order valence-electron chi connectivity index (χ0n) is 11.0. The Morgan fingerprint density at radius 3 is 2.78 bits per heavy atom. The molecule has 5 nitrogen and oxygen atoms in total. The molecule has 98 valence electrons. The molecule has 0 saturated heterocycles. The summed E-state index contributed by atoms with van der Waals surface area (Å²) in [4.78, 5) is 15.7. The zero-order valence-corrected chi connectivity index (χ0v) is 11.0. The number of ether oxygens (including phenoxy) is 1. The lowest BCUT2D eigenvalue weighted by molar-refractivity contribution is 0.0635. The molecule has 18 heavy (non-hydrogen) atoms. The van der Waals surface area contributed by atoms with Gasteiger partial charge in [-0.2, -0.15) is 0 Å². The van der Waals surface area contributed by atoms with Gasteiger partial charge in [0.25, 0.3) is 0 Å². The molecule has 0 aliphatic heterocycles. The first-order valence-electron chi connectivity index (χ1n) is 6.15. The molecule has 1 saturated carbocycles. The smallest absolute Gasteiger partial charge is 0.413 e. The van der Waals surface area contributed by atoms with Crippen molar-refractivity contribution in [3.8, 4) is 0 Å². The molecule has 0 spiro atoms. The van der Waals surface area contributed by atoms with E-state index in [9.17, 15) is 4.79 Å². The molecule has 0 radical (unpaired) electrons. The number of nitrogens with zero attached hydrogens (tertiary/aromatic N) is 1. The van der Waals surface area contributed by atoms with Crippen LogP contribution in [0.25, 0.3) is 0 Å². The summed E-state index contributed by atoms with van der Waals surface area (Å²) in [5, 5.41) is 5.97. The van der Waals surface area contributed by atoms with Crippen LogP contribution in [0.5, 0.6) is 0 Å². The number of rotatable bonds is 3. The van der Waals surface area contributed by atoms with E-state index in [1.54, 1.807) is 6.20 Å². The molecule has 5 heteroatoms. The lowest BCUT2D eigenvalue weighted by atomic mass is 10.2. The van der Waals surface area contributed by atoms with Crippen molar-refractivity contribution in [1.82, 2.24) is 4.98 Å². The topological polar surface area (TPSA) is 63.2 Å². The molecule has 2 N–H and O–H groups in total. The minimum absolute atomic E-state index is 0.487. The minimum Gasteiger partial charge on any atom is -0.444 e. The molecular formula is C13H19N3O2. The van der Waals surface area contributed by atoms with Gasteiger partial charge in [-0.05, 0) is 39.7 Å². The van der Waals surface area contributed by atoms with E-state index in [1.165, 1.54) is 12.8 Å². The number of amides is 1. The summed E-state index contributed by atoms with van der Waals surface area (Å²) in [5.74, 6) is 0.495. The first-order valence-corrected chi connectivity index (χ1v) is 6.15. The quantitative estimate of drug-likeness (QED) is 0.864. The average molecular weight is 249 g/mol. The van der Waals surface area contributed by atoms with Gasteiger partial charge in [-0.15, -0.1) is 0 Å². The number of aromatic nitrogens is 1. The Balaban J connectivity index is 1.93. The van der Waals surface area contributed by atoms with Crippen LogP contribution in [0.3, 0.4) is 0 Å². The summed E-state index contributed by atoms with van der Waals surface area (Å²) in [7, 11) is 0. The highest BCUT2D eigenvalue weighted by molar-refractivity contribution is 5.84. The van der Waals surface area contributed by atoms with Gasteiger partial charge >= 0.3 is 6.09 Å². The van der Waals surface area contributed by atoms with Crippen LogP contribution in [0.15, 0.2) is 18.3 Å². The minimum atomic E-state index is -0.506. The van der Waals surface area contributed by atoms with Gasteiger partial charge in [0.2, 0.25) is 0 Å². The molecular weight excluding hydrogens is 230 g/mol. The van der Waals surface area contributed by atoms with Gasteiger partial charge in [-0.25, -0.2) is 9.78 Å². The second-order valence-electron chi connectivity index (χ2n) is 5.48. The fourth-order valence-electron chi connectivity index (χ4n) is 1.46. The van der Waals surface area contributed by atoms with E-state index in [0.29, 0.717) is 11.9 Å². The molecule has 1 amide bonds. The second-order valence-corrected chi connectivity index (χ2v) is 5.48. The predicted molar refractivity (Wildman–Crippen MR) is 70.7 cm³/mol. The van der Waals surface area contributed by atoms with E-state index in [1.807, 2.05) is 32.9 Å². The Morgan fingerprint density at radius 1 is 1.44 bits per heavy atom. The molecule has 1 aliphatic carbocycles. The fourth-order valence-corrected chi connectivity index (χ4v) is 1.46. The Morgan fingerprint density at radius 2 is 2.17 bits per heavy atom. The van der Waals surface area contributed by atoms with Crippen LogP contribution in [0.2, 0.25) is 0 Å². The summed E-state index contributed by atoms with van der Waals surface area (Å²) in [6, 6.07) is 4.27. The molecule has 1 aromatic heterocycles. The van der Waals surface area contributed by atoms with Crippen molar-refractivity contribution >= 4 is 17.6 Å². The molecule has 1 heterocycles. The van der Waals surface area contributed by atoms with E-state index in [-0.39, 0.29) is 0 Å². The summed E-state index contributed by atoms with van der Waals surface area (Å²) in [5.41, 5.74) is 0.465. The van der Waals surface area contributed by atoms with Gasteiger partial charge in [0.1, 0.15) is 11.4 Å². The van der Waals surface area contributed by atoms with Crippen LogP contribution in [0.1, 0.15) is 33.6 Å². The Hall–Kier alpha value is -1.78. The number of nitrogens with one attached hydrogen (secondary N) is 2. The summed E-state index contributed by atoms with van der Waals surface area (Å²) in [6.45, 7) is 5.47. The lowest BCUT2D eigenvalue weighted by Crippen LogP contribution is -2.27. The SMILES string of the molecule is CC(C)(C)OC(=O)Nc1cc(NC2CC2)ccn1. The van der Waals surface area contributed by atoms with Gasteiger partial charge in [0.05, 0.1) is 0 Å². The van der Waals surface area contributed by atoms with Crippen LogP contribution in [0, 0.1) is 0 Å². The molecule has 1 aromatic rings. The zero-order chi connectivity index (χ0) is 13.2. The molecule has 0 unspecified atom stereocenters. The molecule has 0 atom stereocenters. The largest absolute Gasteiger partial charge is 0.444 e. The van der Waals surface area contributed by atoms with E-state index in [0.717, 1.165) is 5.69 Å². The van der Waals surface area contributed by atoms with Crippen molar-refractivity contribution in [3.05, 3.63) is 18.3 Å². The van der Waals surface area contributed by atoms with E-state index in [2.05, 4.69) is 15.6 Å².